The molecule has 2 aliphatic rings. The molecule has 140 valence electrons. The van der Waals surface area contributed by atoms with E-state index in [9.17, 15) is 9.59 Å². The van der Waals surface area contributed by atoms with E-state index >= 15 is 0 Å². The molecule has 5 nitrogen and oxygen atoms in total. The minimum atomic E-state index is -0.326. The van der Waals surface area contributed by atoms with Gasteiger partial charge in [-0.15, -0.1) is 0 Å². The standard InChI is InChI=1S/C22H25N3O2/c1-14-20(15(2)24-22(27)23-14)10-11-21(26)25-18-8-9-19(25)13-17(12-18)16-6-4-3-5-7-16/h3-7,12,18-19H,8-11,13H2,1-2H3,(H,23,24,27). The van der Waals surface area contributed by atoms with E-state index in [1.807, 2.05) is 19.9 Å². The molecule has 2 unspecified atom stereocenters. The van der Waals surface area contributed by atoms with Crippen LogP contribution in [0.4, 0.5) is 0 Å². The van der Waals surface area contributed by atoms with Gasteiger partial charge in [0.1, 0.15) is 0 Å². The van der Waals surface area contributed by atoms with Gasteiger partial charge in [0.05, 0.1) is 6.04 Å². The Morgan fingerprint density at radius 1 is 1.22 bits per heavy atom. The average Bonchev–Trinajstić information content (AvgIpc) is 2.91. The molecule has 27 heavy (non-hydrogen) atoms. The van der Waals surface area contributed by atoms with Gasteiger partial charge < -0.3 is 9.88 Å². The van der Waals surface area contributed by atoms with Crippen LogP contribution < -0.4 is 5.69 Å². The molecule has 0 saturated carbocycles. The number of H-pyrrole nitrogens is 1. The van der Waals surface area contributed by atoms with Crippen molar-refractivity contribution in [3.8, 4) is 0 Å². The smallest absolute Gasteiger partial charge is 0.333 e. The highest BCUT2D eigenvalue weighted by Crippen LogP contribution is 2.38. The number of aryl methyl sites for hydroxylation is 2. The number of nitrogens with one attached hydrogen (secondary N) is 1. The summed E-state index contributed by atoms with van der Waals surface area (Å²) in [5, 5.41) is 0. The molecule has 2 bridgehead atoms. The summed E-state index contributed by atoms with van der Waals surface area (Å²) in [6.07, 6.45) is 6.41. The monoisotopic (exact) mass is 363 g/mol. The van der Waals surface area contributed by atoms with Gasteiger partial charge in [0.15, 0.2) is 0 Å². The molecule has 1 aromatic heterocycles. The molecule has 1 aromatic carbocycles. The highest BCUT2D eigenvalue weighted by atomic mass is 16.2. The highest BCUT2D eigenvalue weighted by Gasteiger charge is 2.39. The number of benzene rings is 1. The van der Waals surface area contributed by atoms with E-state index < -0.39 is 0 Å². The SMILES string of the molecule is Cc1nc(=O)[nH]c(C)c1CCC(=O)N1C2C=C(c3ccccc3)CC1CC2. The molecule has 1 saturated heterocycles. The summed E-state index contributed by atoms with van der Waals surface area (Å²) < 4.78 is 0. The molecular weight excluding hydrogens is 338 g/mol. The number of aromatic nitrogens is 2. The lowest BCUT2D eigenvalue weighted by Crippen LogP contribution is -2.43. The molecule has 0 radical (unpaired) electrons. The van der Waals surface area contributed by atoms with Crippen LogP contribution in [0.1, 0.15) is 48.2 Å². The highest BCUT2D eigenvalue weighted by molar-refractivity contribution is 5.80. The molecule has 0 aliphatic carbocycles. The van der Waals surface area contributed by atoms with Crippen LogP contribution in [0.25, 0.3) is 5.57 Å². The van der Waals surface area contributed by atoms with Crippen molar-refractivity contribution in [1.82, 2.24) is 14.9 Å². The third kappa shape index (κ3) is 3.46. The lowest BCUT2D eigenvalue weighted by atomic mass is 9.94. The number of carbonyl (C=O) groups excluding carboxylic acids is 1. The lowest BCUT2D eigenvalue weighted by molar-refractivity contribution is -0.133. The Balaban J connectivity index is 1.48. The van der Waals surface area contributed by atoms with Crippen molar-refractivity contribution in [1.29, 1.82) is 0 Å². The first-order valence-corrected chi connectivity index (χ1v) is 9.66. The summed E-state index contributed by atoms with van der Waals surface area (Å²) in [6.45, 7) is 3.71. The Bertz CT molecular complexity index is 920. The molecular formula is C22H25N3O2. The van der Waals surface area contributed by atoms with Crippen molar-refractivity contribution < 1.29 is 4.79 Å². The molecule has 3 heterocycles. The van der Waals surface area contributed by atoms with Gasteiger partial charge >= 0.3 is 5.69 Å². The van der Waals surface area contributed by atoms with Crippen molar-refractivity contribution in [3.63, 3.8) is 0 Å². The number of hydrogen-bond acceptors (Lipinski definition) is 3. The molecule has 1 amide bonds. The van der Waals surface area contributed by atoms with Crippen LogP contribution in [0.15, 0.2) is 41.2 Å². The third-order valence-electron chi connectivity index (χ3n) is 5.87. The van der Waals surface area contributed by atoms with Gasteiger partial charge in [0, 0.05) is 23.9 Å². The summed E-state index contributed by atoms with van der Waals surface area (Å²) >= 11 is 0. The molecule has 1 N–H and O–H groups in total. The van der Waals surface area contributed by atoms with Crippen molar-refractivity contribution in [2.24, 2.45) is 0 Å². The van der Waals surface area contributed by atoms with Crippen LogP contribution in [-0.2, 0) is 11.2 Å². The van der Waals surface area contributed by atoms with E-state index in [1.165, 1.54) is 11.1 Å². The van der Waals surface area contributed by atoms with E-state index in [4.69, 9.17) is 0 Å². The fourth-order valence-corrected chi connectivity index (χ4v) is 4.57. The van der Waals surface area contributed by atoms with Gasteiger partial charge in [0.2, 0.25) is 5.91 Å². The molecule has 2 aliphatic heterocycles. The van der Waals surface area contributed by atoms with Crippen molar-refractivity contribution in [2.45, 2.75) is 58.0 Å². The van der Waals surface area contributed by atoms with E-state index in [0.717, 1.165) is 36.2 Å². The maximum Gasteiger partial charge on any atom is 0.345 e. The van der Waals surface area contributed by atoms with Crippen LogP contribution in [0, 0.1) is 13.8 Å². The number of hydrogen-bond donors (Lipinski definition) is 1. The molecule has 4 rings (SSSR count). The molecule has 2 aromatic rings. The summed E-state index contributed by atoms with van der Waals surface area (Å²) in [5.41, 5.74) is 4.82. The Morgan fingerprint density at radius 3 is 2.70 bits per heavy atom. The zero-order valence-electron chi connectivity index (χ0n) is 15.9. The van der Waals surface area contributed by atoms with Crippen LogP contribution in [0.5, 0.6) is 0 Å². The van der Waals surface area contributed by atoms with Crippen molar-refractivity contribution >= 4 is 11.5 Å². The minimum Gasteiger partial charge on any atom is -0.333 e. The van der Waals surface area contributed by atoms with Gasteiger partial charge in [-0.1, -0.05) is 36.4 Å². The second-order valence-electron chi connectivity index (χ2n) is 7.59. The lowest BCUT2D eigenvalue weighted by Gasteiger charge is -2.34. The van der Waals surface area contributed by atoms with Gasteiger partial charge in [-0.05, 0) is 56.2 Å². The van der Waals surface area contributed by atoms with Crippen LogP contribution in [0.3, 0.4) is 0 Å². The first-order chi connectivity index (χ1) is 13.0. The van der Waals surface area contributed by atoms with Gasteiger partial charge in [-0.2, -0.15) is 4.98 Å². The fraction of sp³-hybridized carbons (Fsp3) is 0.409. The quantitative estimate of drug-likeness (QED) is 0.907. The van der Waals surface area contributed by atoms with E-state index in [-0.39, 0.29) is 17.6 Å². The van der Waals surface area contributed by atoms with Crippen LogP contribution in [0.2, 0.25) is 0 Å². The zero-order chi connectivity index (χ0) is 19.0. The number of amides is 1. The number of carbonyl (C=O) groups is 1. The Kier molecular flexibility index (Phi) is 4.68. The van der Waals surface area contributed by atoms with E-state index in [1.54, 1.807) is 0 Å². The second-order valence-corrected chi connectivity index (χ2v) is 7.59. The molecule has 5 heteroatoms. The number of nitrogens with zero attached hydrogens (tertiary/aromatic N) is 2. The van der Waals surface area contributed by atoms with Gasteiger partial charge in [0.25, 0.3) is 0 Å². The van der Waals surface area contributed by atoms with Crippen LogP contribution >= 0.6 is 0 Å². The van der Waals surface area contributed by atoms with Crippen LogP contribution in [-0.4, -0.2) is 32.9 Å². The Hall–Kier alpha value is -2.69. The Morgan fingerprint density at radius 2 is 2.00 bits per heavy atom. The number of fused-ring (bicyclic) bond motifs is 2. The minimum absolute atomic E-state index is 0.205. The summed E-state index contributed by atoms with van der Waals surface area (Å²) in [4.78, 5) is 33.2. The molecule has 2 atom stereocenters. The van der Waals surface area contributed by atoms with E-state index in [0.29, 0.717) is 18.9 Å². The third-order valence-corrected chi connectivity index (χ3v) is 5.87. The van der Waals surface area contributed by atoms with Gasteiger partial charge in [-0.25, -0.2) is 4.79 Å². The predicted octanol–water partition coefficient (Wildman–Crippen LogP) is 3.17. The zero-order valence-corrected chi connectivity index (χ0v) is 15.9. The topological polar surface area (TPSA) is 66.1 Å². The normalized spacial score (nSPS) is 21.3. The van der Waals surface area contributed by atoms with Crippen molar-refractivity contribution in [2.75, 3.05) is 0 Å². The van der Waals surface area contributed by atoms with E-state index in [2.05, 4.69) is 45.2 Å². The fourth-order valence-electron chi connectivity index (χ4n) is 4.57. The average molecular weight is 363 g/mol. The second kappa shape index (κ2) is 7.14. The Labute approximate surface area is 159 Å². The summed E-state index contributed by atoms with van der Waals surface area (Å²) in [7, 11) is 0. The summed E-state index contributed by atoms with van der Waals surface area (Å²) in [5.74, 6) is 0.205. The first-order valence-electron chi connectivity index (χ1n) is 9.66. The van der Waals surface area contributed by atoms with Gasteiger partial charge in [-0.3, -0.25) is 4.79 Å². The predicted molar refractivity (Wildman–Crippen MR) is 105 cm³/mol. The maximum absolute atomic E-state index is 13.0. The number of rotatable bonds is 4. The molecule has 1 fully saturated rings. The largest absolute Gasteiger partial charge is 0.345 e. The van der Waals surface area contributed by atoms with Crippen molar-refractivity contribution in [3.05, 3.63) is 69.4 Å². The maximum atomic E-state index is 13.0. The number of aromatic amines is 1. The first kappa shape index (κ1) is 17.7. The summed E-state index contributed by atoms with van der Waals surface area (Å²) in [6, 6.07) is 11.0. The molecule has 0 spiro atoms.